The number of hydrogen-bond donors (Lipinski definition) is 2. The fourth-order valence-corrected chi connectivity index (χ4v) is 2.75. The van der Waals surface area contributed by atoms with E-state index in [0.717, 1.165) is 0 Å². The number of rotatable bonds is 4. The number of amides is 3. The molecule has 1 aliphatic rings. The molecule has 138 valence electrons. The average Bonchev–Trinajstić information content (AvgIpc) is 2.65. The molecule has 0 bridgehead atoms. The number of hydrazone groups is 1. The molecule has 8 heteroatoms. The van der Waals surface area contributed by atoms with Gasteiger partial charge in [-0.15, -0.1) is 0 Å². The summed E-state index contributed by atoms with van der Waals surface area (Å²) in [5.41, 5.74) is 1.67. The maximum Gasteiger partial charge on any atom is 0.271 e. The Morgan fingerprint density at radius 3 is 2.52 bits per heavy atom. The van der Waals surface area contributed by atoms with Gasteiger partial charge in [-0.3, -0.25) is 14.4 Å². The molecular weight excluding hydrogens is 368 g/mol. The fraction of sp³-hybridized carbons (Fsp3) is 0.158. The summed E-state index contributed by atoms with van der Waals surface area (Å²) in [6.45, 7) is 1.39. The van der Waals surface area contributed by atoms with Crippen LogP contribution in [0.1, 0.15) is 19.8 Å². The Labute approximate surface area is 161 Å². The van der Waals surface area contributed by atoms with Crippen LogP contribution >= 0.6 is 11.6 Å². The Bertz CT molecular complexity index is 928. The second-order valence-corrected chi connectivity index (χ2v) is 6.32. The van der Waals surface area contributed by atoms with Crippen molar-refractivity contribution in [2.75, 3.05) is 15.6 Å². The van der Waals surface area contributed by atoms with Gasteiger partial charge in [-0.05, 0) is 30.3 Å². The number of nitrogens with one attached hydrogen (secondary N) is 2. The molecule has 0 aromatic heterocycles. The molecule has 1 aliphatic heterocycles. The van der Waals surface area contributed by atoms with Gasteiger partial charge in [0, 0.05) is 25.5 Å². The van der Waals surface area contributed by atoms with Crippen molar-refractivity contribution >= 4 is 52.1 Å². The number of carbonyl (C=O) groups is 3. The largest absolute Gasteiger partial charge is 0.326 e. The lowest BCUT2D eigenvalue weighted by molar-refractivity contribution is -0.119. The van der Waals surface area contributed by atoms with Gasteiger partial charge in [0.25, 0.3) is 5.91 Å². The molecule has 2 aromatic carbocycles. The number of benzene rings is 2. The van der Waals surface area contributed by atoms with E-state index in [-0.39, 0.29) is 30.4 Å². The molecule has 0 aliphatic carbocycles. The highest BCUT2D eigenvalue weighted by Crippen LogP contribution is 2.26. The first kappa shape index (κ1) is 18.6. The van der Waals surface area contributed by atoms with Crippen LogP contribution in [0.5, 0.6) is 0 Å². The van der Waals surface area contributed by atoms with Gasteiger partial charge in [-0.1, -0.05) is 29.8 Å². The molecule has 1 heterocycles. The lowest BCUT2D eigenvalue weighted by Gasteiger charge is -2.23. The molecule has 27 heavy (non-hydrogen) atoms. The van der Waals surface area contributed by atoms with Crippen LogP contribution in [0.15, 0.2) is 53.6 Å². The van der Waals surface area contributed by atoms with Gasteiger partial charge in [-0.2, -0.15) is 5.10 Å². The van der Waals surface area contributed by atoms with Gasteiger partial charge in [0.2, 0.25) is 11.8 Å². The Balaban J connectivity index is 1.81. The minimum absolute atomic E-state index is 0.177. The number of carbonyl (C=O) groups excluding carboxylic acids is 3. The van der Waals surface area contributed by atoms with Crippen molar-refractivity contribution in [3.63, 3.8) is 0 Å². The van der Waals surface area contributed by atoms with Crippen LogP contribution in [0.4, 0.5) is 17.1 Å². The highest BCUT2D eigenvalue weighted by atomic mass is 35.5. The highest BCUT2D eigenvalue weighted by molar-refractivity contribution is 6.45. The van der Waals surface area contributed by atoms with Crippen molar-refractivity contribution in [2.24, 2.45) is 5.10 Å². The average molecular weight is 385 g/mol. The zero-order chi connectivity index (χ0) is 19.4. The van der Waals surface area contributed by atoms with Gasteiger partial charge < -0.3 is 10.6 Å². The predicted octanol–water partition coefficient (Wildman–Crippen LogP) is 3.42. The van der Waals surface area contributed by atoms with Crippen LogP contribution in [0.25, 0.3) is 0 Å². The Morgan fingerprint density at radius 2 is 1.81 bits per heavy atom. The Hall–Kier alpha value is -3.19. The van der Waals surface area contributed by atoms with Gasteiger partial charge >= 0.3 is 0 Å². The maximum absolute atomic E-state index is 12.6. The van der Waals surface area contributed by atoms with E-state index in [1.54, 1.807) is 42.5 Å². The van der Waals surface area contributed by atoms with E-state index >= 15 is 0 Å². The van der Waals surface area contributed by atoms with Crippen molar-refractivity contribution in [2.45, 2.75) is 19.8 Å². The number of hydrogen-bond acceptors (Lipinski definition) is 4. The first-order chi connectivity index (χ1) is 12.9. The molecule has 0 atom stereocenters. The smallest absolute Gasteiger partial charge is 0.271 e. The molecule has 7 nitrogen and oxygen atoms in total. The first-order valence-corrected chi connectivity index (χ1v) is 8.66. The third-order valence-corrected chi connectivity index (χ3v) is 4.16. The van der Waals surface area contributed by atoms with Crippen molar-refractivity contribution in [1.82, 2.24) is 0 Å². The monoisotopic (exact) mass is 384 g/mol. The summed E-state index contributed by atoms with van der Waals surface area (Å²) in [6, 6.07) is 13.7. The number of nitrogens with zero attached hydrogens (tertiary/aromatic N) is 2. The fourth-order valence-electron chi connectivity index (χ4n) is 2.58. The topological polar surface area (TPSA) is 90.9 Å². The molecule has 3 amide bonds. The summed E-state index contributed by atoms with van der Waals surface area (Å²) in [6.07, 6.45) is 0.415. The second-order valence-electron chi connectivity index (χ2n) is 5.92. The number of halogens is 1. The summed E-state index contributed by atoms with van der Waals surface area (Å²) >= 11 is 6.13. The van der Waals surface area contributed by atoms with E-state index in [1.807, 2.05) is 6.07 Å². The van der Waals surface area contributed by atoms with Crippen molar-refractivity contribution < 1.29 is 14.4 Å². The molecule has 0 saturated heterocycles. The molecule has 0 fully saturated rings. The first-order valence-electron chi connectivity index (χ1n) is 8.28. The maximum atomic E-state index is 12.6. The lowest BCUT2D eigenvalue weighted by Crippen LogP contribution is -2.36. The van der Waals surface area contributed by atoms with Crippen molar-refractivity contribution in [1.29, 1.82) is 0 Å². The van der Waals surface area contributed by atoms with E-state index in [1.165, 1.54) is 11.9 Å². The van der Waals surface area contributed by atoms with Gasteiger partial charge in [0.15, 0.2) is 0 Å². The Kier molecular flexibility index (Phi) is 5.52. The van der Waals surface area contributed by atoms with Crippen LogP contribution in [-0.4, -0.2) is 23.4 Å². The van der Waals surface area contributed by atoms with Crippen LogP contribution in [0.3, 0.4) is 0 Å². The molecule has 0 spiro atoms. The molecular formula is C19H17ClN4O3. The minimum Gasteiger partial charge on any atom is -0.326 e. The molecule has 2 aromatic rings. The summed E-state index contributed by atoms with van der Waals surface area (Å²) in [5.74, 6) is -0.864. The SMILES string of the molecule is CC(=O)Nc1ccc(Cl)c(NC(=O)C2=NN(c3ccccc3)C(=O)CC2)c1. The summed E-state index contributed by atoms with van der Waals surface area (Å²) in [4.78, 5) is 36.0. The van der Waals surface area contributed by atoms with Crippen LogP contribution in [0.2, 0.25) is 5.02 Å². The predicted molar refractivity (Wildman–Crippen MR) is 105 cm³/mol. The van der Waals surface area contributed by atoms with E-state index in [9.17, 15) is 14.4 Å². The van der Waals surface area contributed by atoms with E-state index in [4.69, 9.17) is 11.6 Å². The standard InChI is InChI=1S/C19H17ClN4O3/c1-12(25)21-13-7-8-15(20)17(11-13)22-19(27)16-9-10-18(26)24(23-16)14-5-3-2-4-6-14/h2-8,11H,9-10H2,1H3,(H,21,25)(H,22,27). The van der Waals surface area contributed by atoms with Crippen molar-refractivity contribution in [3.05, 3.63) is 53.6 Å². The van der Waals surface area contributed by atoms with Crippen LogP contribution < -0.4 is 15.6 Å². The zero-order valence-corrected chi connectivity index (χ0v) is 15.3. The summed E-state index contributed by atoms with van der Waals surface area (Å²) < 4.78 is 0. The van der Waals surface area contributed by atoms with Crippen molar-refractivity contribution in [3.8, 4) is 0 Å². The van der Waals surface area contributed by atoms with Gasteiger partial charge in [0.05, 0.1) is 16.4 Å². The van der Waals surface area contributed by atoms with Gasteiger partial charge in [-0.25, -0.2) is 5.01 Å². The van der Waals surface area contributed by atoms with E-state index in [2.05, 4.69) is 15.7 Å². The highest BCUT2D eigenvalue weighted by Gasteiger charge is 2.25. The molecule has 0 radical (unpaired) electrons. The lowest BCUT2D eigenvalue weighted by atomic mass is 10.1. The third-order valence-electron chi connectivity index (χ3n) is 3.83. The molecule has 3 rings (SSSR count). The number of anilines is 3. The second kappa shape index (κ2) is 8.01. The summed E-state index contributed by atoms with van der Waals surface area (Å²) in [5, 5.41) is 11.1. The minimum atomic E-state index is -0.453. The molecule has 0 saturated carbocycles. The molecule has 2 N–H and O–H groups in total. The Morgan fingerprint density at radius 1 is 1.07 bits per heavy atom. The third kappa shape index (κ3) is 4.51. The number of para-hydroxylation sites is 1. The molecule has 0 unspecified atom stereocenters. The van der Waals surface area contributed by atoms with E-state index in [0.29, 0.717) is 22.1 Å². The zero-order valence-electron chi connectivity index (χ0n) is 14.5. The normalized spacial score (nSPS) is 13.8. The van der Waals surface area contributed by atoms with Crippen LogP contribution in [0, 0.1) is 0 Å². The van der Waals surface area contributed by atoms with Gasteiger partial charge in [0.1, 0.15) is 5.71 Å². The van der Waals surface area contributed by atoms with E-state index < -0.39 is 5.91 Å². The quantitative estimate of drug-likeness (QED) is 0.846. The summed E-state index contributed by atoms with van der Waals surface area (Å²) in [7, 11) is 0. The van der Waals surface area contributed by atoms with Crippen LogP contribution in [-0.2, 0) is 14.4 Å².